The van der Waals surface area contributed by atoms with Crippen molar-refractivity contribution >= 4 is 17.4 Å². The lowest BCUT2D eigenvalue weighted by Gasteiger charge is -2.22. The molecule has 1 saturated heterocycles. The predicted molar refractivity (Wildman–Crippen MR) is 109 cm³/mol. The average molecular weight is 395 g/mol. The summed E-state index contributed by atoms with van der Waals surface area (Å²) in [5.74, 6) is 1.58. The van der Waals surface area contributed by atoms with E-state index in [9.17, 15) is 4.79 Å². The highest BCUT2D eigenvalue weighted by molar-refractivity contribution is 7.05. The van der Waals surface area contributed by atoms with E-state index in [1.165, 1.54) is 17.1 Å². The molecule has 2 N–H and O–H groups in total. The first-order valence-corrected chi connectivity index (χ1v) is 10.1. The van der Waals surface area contributed by atoms with Crippen LogP contribution in [0, 0.1) is 6.92 Å². The second kappa shape index (κ2) is 8.08. The third-order valence-electron chi connectivity index (χ3n) is 4.89. The van der Waals surface area contributed by atoms with E-state index in [1.807, 2.05) is 25.1 Å². The molecule has 28 heavy (non-hydrogen) atoms. The van der Waals surface area contributed by atoms with Gasteiger partial charge in [-0.25, -0.2) is 4.98 Å². The number of likely N-dealkylation sites (tertiary alicyclic amines) is 1. The van der Waals surface area contributed by atoms with E-state index in [1.54, 1.807) is 18.2 Å². The lowest BCUT2D eigenvalue weighted by molar-refractivity contribution is 0.0998. The van der Waals surface area contributed by atoms with Crippen LogP contribution in [0.25, 0.3) is 0 Å². The predicted octanol–water partition coefficient (Wildman–Crippen LogP) is 4.07. The summed E-state index contributed by atoms with van der Waals surface area (Å²) in [4.78, 5) is 18.5. The van der Waals surface area contributed by atoms with Crippen molar-refractivity contribution in [2.24, 2.45) is 5.73 Å². The van der Waals surface area contributed by atoms with E-state index in [0.717, 1.165) is 36.8 Å². The fraction of sp³-hybridized carbons (Fsp3) is 0.286. The normalized spacial score (nSPS) is 17.0. The van der Waals surface area contributed by atoms with Crippen LogP contribution in [-0.4, -0.2) is 26.7 Å². The van der Waals surface area contributed by atoms with Gasteiger partial charge >= 0.3 is 0 Å². The number of primary amides is 1. The molecule has 0 unspecified atom stereocenters. The van der Waals surface area contributed by atoms with Crippen LogP contribution in [0.3, 0.4) is 0 Å². The number of aromatic nitrogens is 2. The Morgan fingerprint density at radius 1 is 1.25 bits per heavy atom. The maximum atomic E-state index is 11.5. The fourth-order valence-corrected chi connectivity index (χ4v) is 4.06. The van der Waals surface area contributed by atoms with E-state index in [0.29, 0.717) is 23.1 Å². The van der Waals surface area contributed by atoms with Crippen molar-refractivity contribution in [3.05, 3.63) is 70.5 Å². The quantitative estimate of drug-likeness (QED) is 0.681. The largest absolute Gasteiger partial charge is 0.457 e. The summed E-state index contributed by atoms with van der Waals surface area (Å²) in [6, 6.07) is 15.2. The lowest BCUT2D eigenvalue weighted by atomic mass is 10.1. The zero-order chi connectivity index (χ0) is 19.5. The number of nitrogens with two attached hydrogens (primary N) is 1. The number of carbonyl (C=O) groups excluding carboxylic acids is 1. The summed E-state index contributed by atoms with van der Waals surface area (Å²) >= 11 is 1.47. The molecule has 0 radical (unpaired) electrons. The van der Waals surface area contributed by atoms with E-state index in [2.05, 4.69) is 26.4 Å². The minimum atomic E-state index is -0.502. The molecule has 0 bridgehead atoms. The van der Waals surface area contributed by atoms with Crippen LogP contribution in [0.15, 0.2) is 48.5 Å². The maximum Gasteiger partial charge on any atom is 0.252 e. The molecule has 144 valence electrons. The number of nitrogens with zero attached hydrogens (tertiary/aromatic N) is 3. The van der Waals surface area contributed by atoms with E-state index in [-0.39, 0.29) is 0 Å². The monoisotopic (exact) mass is 394 g/mol. The first-order valence-electron chi connectivity index (χ1n) is 9.30. The molecule has 1 fully saturated rings. The van der Waals surface area contributed by atoms with E-state index >= 15 is 0 Å². The Kier molecular flexibility index (Phi) is 5.36. The highest BCUT2D eigenvalue weighted by atomic mass is 32.1. The first kappa shape index (κ1) is 18.6. The Morgan fingerprint density at radius 3 is 2.75 bits per heavy atom. The van der Waals surface area contributed by atoms with Crippen LogP contribution >= 0.6 is 11.5 Å². The number of benzene rings is 2. The maximum absolute atomic E-state index is 11.5. The number of aryl methyl sites for hydroxylation is 1. The summed E-state index contributed by atoms with van der Waals surface area (Å²) in [6.07, 6.45) is 2.26. The van der Waals surface area contributed by atoms with Gasteiger partial charge in [0, 0.05) is 6.54 Å². The molecule has 2 heterocycles. The standard InChI is InChI=1S/C21H22N4O2S/c1-14-23-21(24-28-14)18-6-4-12-25(18)13-15-8-10-16(11-9-15)27-19-7-3-2-5-17(19)20(22)26/h2-3,5,7-11,18H,4,6,12-13H2,1H3,(H2,22,26)/t18-/m0/s1. The number of carbonyl (C=O) groups is 1. The van der Waals surface area contributed by atoms with Gasteiger partial charge in [-0.1, -0.05) is 24.3 Å². The van der Waals surface area contributed by atoms with Gasteiger partial charge in [0.15, 0.2) is 5.82 Å². The second-order valence-electron chi connectivity index (χ2n) is 6.91. The molecule has 3 aromatic rings. The number of para-hydroxylation sites is 1. The zero-order valence-corrected chi connectivity index (χ0v) is 16.5. The molecule has 1 aromatic heterocycles. The number of rotatable bonds is 6. The van der Waals surface area contributed by atoms with E-state index in [4.69, 9.17) is 10.5 Å². The average Bonchev–Trinajstić information content (AvgIpc) is 3.32. The van der Waals surface area contributed by atoms with Gasteiger partial charge in [-0.3, -0.25) is 9.69 Å². The molecule has 7 heteroatoms. The first-order chi connectivity index (χ1) is 13.6. The van der Waals surface area contributed by atoms with Gasteiger partial charge in [-0.2, -0.15) is 4.37 Å². The van der Waals surface area contributed by atoms with Gasteiger partial charge < -0.3 is 10.5 Å². The molecule has 0 saturated carbocycles. The van der Waals surface area contributed by atoms with Crippen LogP contribution in [-0.2, 0) is 6.54 Å². The molecule has 6 nitrogen and oxygen atoms in total. The summed E-state index contributed by atoms with van der Waals surface area (Å²) in [6.45, 7) is 3.89. The number of hydrogen-bond donors (Lipinski definition) is 1. The van der Waals surface area contributed by atoms with Gasteiger partial charge in [0.2, 0.25) is 0 Å². The summed E-state index contributed by atoms with van der Waals surface area (Å²) in [5, 5.41) is 1.01. The van der Waals surface area contributed by atoms with Crippen LogP contribution in [0.5, 0.6) is 11.5 Å². The Bertz CT molecular complexity index is 971. The Labute approximate surface area is 168 Å². The SMILES string of the molecule is Cc1nc([C@@H]2CCCN2Cc2ccc(Oc3ccccc3C(N)=O)cc2)ns1. The molecule has 1 amide bonds. The Morgan fingerprint density at radius 2 is 2.04 bits per heavy atom. The van der Waals surface area contributed by atoms with Crippen molar-refractivity contribution in [2.45, 2.75) is 32.4 Å². The van der Waals surface area contributed by atoms with Crippen molar-refractivity contribution in [3.63, 3.8) is 0 Å². The summed E-state index contributed by atoms with van der Waals surface area (Å²) in [7, 11) is 0. The highest BCUT2D eigenvalue weighted by Crippen LogP contribution is 2.32. The minimum Gasteiger partial charge on any atom is -0.457 e. The Balaban J connectivity index is 1.44. The van der Waals surface area contributed by atoms with Gasteiger partial charge in [0.25, 0.3) is 5.91 Å². The molecule has 1 aliphatic heterocycles. The number of ether oxygens (including phenoxy) is 1. The fourth-order valence-electron chi connectivity index (χ4n) is 3.54. The van der Waals surface area contributed by atoms with Crippen LogP contribution in [0.4, 0.5) is 0 Å². The van der Waals surface area contributed by atoms with Gasteiger partial charge in [-0.15, -0.1) is 0 Å². The minimum absolute atomic E-state index is 0.295. The highest BCUT2D eigenvalue weighted by Gasteiger charge is 2.28. The van der Waals surface area contributed by atoms with E-state index < -0.39 is 5.91 Å². The second-order valence-corrected chi connectivity index (χ2v) is 7.86. The van der Waals surface area contributed by atoms with Crippen molar-refractivity contribution in [3.8, 4) is 11.5 Å². The lowest BCUT2D eigenvalue weighted by Crippen LogP contribution is -2.23. The molecule has 4 rings (SSSR count). The third kappa shape index (κ3) is 4.05. The zero-order valence-electron chi connectivity index (χ0n) is 15.7. The smallest absolute Gasteiger partial charge is 0.252 e. The molecule has 0 aliphatic carbocycles. The van der Waals surface area contributed by atoms with Crippen LogP contribution < -0.4 is 10.5 Å². The van der Waals surface area contributed by atoms with Crippen molar-refractivity contribution in [1.29, 1.82) is 0 Å². The van der Waals surface area contributed by atoms with Crippen LogP contribution in [0.1, 0.15) is 45.6 Å². The van der Waals surface area contributed by atoms with Gasteiger partial charge in [0.1, 0.15) is 16.5 Å². The van der Waals surface area contributed by atoms with Crippen molar-refractivity contribution in [1.82, 2.24) is 14.3 Å². The molecule has 1 aliphatic rings. The Hall–Kier alpha value is -2.77. The molecular formula is C21H22N4O2S. The molecule has 2 aromatic carbocycles. The molecular weight excluding hydrogens is 372 g/mol. The third-order valence-corrected chi connectivity index (χ3v) is 5.53. The summed E-state index contributed by atoms with van der Waals surface area (Å²) < 4.78 is 10.4. The molecule has 0 spiro atoms. The summed E-state index contributed by atoms with van der Waals surface area (Å²) in [5.41, 5.74) is 6.99. The van der Waals surface area contributed by atoms with Gasteiger partial charge in [-0.05, 0) is 67.7 Å². The van der Waals surface area contributed by atoms with Crippen LogP contribution in [0.2, 0.25) is 0 Å². The number of hydrogen-bond acceptors (Lipinski definition) is 6. The van der Waals surface area contributed by atoms with Crippen molar-refractivity contribution < 1.29 is 9.53 Å². The molecule has 1 atom stereocenters. The topological polar surface area (TPSA) is 81.3 Å². The number of amides is 1. The van der Waals surface area contributed by atoms with Gasteiger partial charge in [0.05, 0.1) is 11.6 Å². The van der Waals surface area contributed by atoms with Crippen molar-refractivity contribution in [2.75, 3.05) is 6.54 Å².